The van der Waals surface area contributed by atoms with E-state index in [1.807, 2.05) is 25.7 Å². The zero-order valence-corrected chi connectivity index (χ0v) is 12.9. The van der Waals surface area contributed by atoms with E-state index in [1.54, 1.807) is 6.92 Å². The van der Waals surface area contributed by atoms with Gasteiger partial charge in [0.15, 0.2) is 5.78 Å². The molecule has 0 N–H and O–H groups in total. The molecule has 0 spiro atoms. The first-order valence-electron chi connectivity index (χ1n) is 7.18. The van der Waals surface area contributed by atoms with Crippen LogP contribution in [0.4, 0.5) is 13.2 Å². The molecular weight excluding hydrogens is 279 g/mol. The number of alkyl halides is 3. The fourth-order valence-corrected chi connectivity index (χ4v) is 2.67. The minimum Gasteiger partial charge on any atom is -0.292 e. The first kappa shape index (κ1) is 17.7. The standard InChI is InChI=1S/C16H22F3NO/c1-5-15(4,20(6-2)7-3)14(21)12-10-8-9-11-13(12)16(17,18)19/h8-11H,5-7H2,1-4H3. The van der Waals surface area contributed by atoms with E-state index in [1.165, 1.54) is 18.2 Å². The molecule has 1 unspecified atom stereocenters. The fourth-order valence-electron chi connectivity index (χ4n) is 2.67. The molecule has 0 saturated carbocycles. The van der Waals surface area contributed by atoms with E-state index in [2.05, 4.69) is 0 Å². The van der Waals surface area contributed by atoms with E-state index in [9.17, 15) is 18.0 Å². The molecule has 2 nitrogen and oxygen atoms in total. The second-order valence-corrected chi connectivity index (χ2v) is 5.17. The van der Waals surface area contributed by atoms with Gasteiger partial charge in [0.1, 0.15) is 0 Å². The molecular formula is C16H22F3NO. The molecule has 0 radical (unpaired) electrons. The Balaban J connectivity index is 3.36. The van der Waals surface area contributed by atoms with Gasteiger partial charge < -0.3 is 0 Å². The largest absolute Gasteiger partial charge is 0.417 e. The molecule has 0 aliphatic heterocycles. The number of ketones is 1. The molecule has 0 heterocycles. The van der Waals surface area contributed by atoms with Crippen molar-refractivity contribution in [2.75, 3.05) is 13.1 Å². The summed E-state index contributed by atoms with van der Waals surface area (Å²) in [5, 5.41) is 0. The highest BCUT2D eigenvalue weighted by Crippen LogP contribution is 2.35. The second kappa shape index (κ2) is 6.60. The maximum absolute atomic E-state index is 13.1. The van der Waals surface area contributed by atoms with Crippen molar-refractivity contribution < 1.29 is 18.0 Å². The van der Waals surface area contributed by atoms with Crippen LogP contribution in [0.15, 0.2) is 24.3 Å². The van der Waals surface area contributed by atoms with Crippen molar-refractivity contribution in [3.8, 4) is 0 Å². The average Bonchev–Trinajstić information content (AvgIpc) is 2.46. The predicted molar refractivity (Wildman–Crippen MR) is 77.4 cm³/mol. The SMILES string of the molecule is CCN(CC)C(C)(CC)C(=O)c1ccccc1C(F)(F)F. The molecule has 0 aliphatic carbocycles. The van der Waals surface area contributed by atoms with Gasteiger partial charge in [0.2, 0.25) is 0 Å². The Bertz CT molecular complexity index is 495. The zero-order valence-electron chi connectivity index (χ0n) is 12.9. The van der Waals surface area contributed by atoms with Crippen molar-refractivity contribution in [3.63, 3.8) is 0 Å². The molecule has 21 heavy (non-hydrogen) atoms. The van der Waals surface area contributed by atoms with Crippen LogP contribution in [0.3, 0.4) is 0 Å². The van der Waals surface area contributed by atoms with Crippen LogP contribution in [0.5, 0.6) is 0 Å². The Morgan fingerprint density at radius 1 is 1.10 bits per heavy atom. The summed E-state index contributed by atoms with van der Waals surface area (Å²) in [6, 6.07) is 5.01. The summed E-state index contributed by atoms with van der Waals surface area (Å²) in [5.74, 6) is -0.471. The van der Waals surface area contributed by atoms with Crippen LogP contribution in [-0.2, 0) is 6.18 Å². The van der Waals surface area contributed by atoms with E-state index >= 15 is 0 Å². The summed E-state index contributed by atoms with van der Waals surface area (Å²) >= 11 is 0. The predicted octanol–water partition coefficient (Wildman–Crippen LogP) is 4.40. The molecule has 1 aromatic carbocycles. The lowest BCUT2D eigenvalue weighted by molar-refractivity contribution is -0.138. The van der Waals surface area contributed by atoms with Gasteiger partial charge in [-0.15, -0.1) is 0 Å². The van der Waals surface area contributed by atoms with Gasteiger partial charge >= 0.3 is 6.18 Å². The molecule has 0 amide bonds. The Hall–Kier alpha value is -1.36. The van der Waals surface area contributed by atoms with Gasteiger partial charge in [0, 0.05) is 5.56 Å². The van der Waals surface area contributed by atoms with Gasteiger partial charge in [-0.3, -0.25) is 9.69 Å². The number of nitrogens with zero attached hydrogens (tertiary/aromatic N) is 1. The molecule has 0 saturated heterocycles. The number of carbonyl (C=O) groups is 1. The van der Waals surface area contributed by atoms with Gasteiger partial charge in [0.25, 0.3) is 0 Å². The molecule has 0 bridgehead atoms. The Labute approximate surface area is 123 Å². The quantitative estimate of drug-likeness (QED) is 0.726. The summed E-state index contributed by atoms with van der Waals surface area (Å²) < 4.78 is 39.3. The molecule has 0 aliphatic rings. The monoisotopic (exact) mass is 301 g/mol. The van der Waals surface area contributed by atoms with Crippen molar-refractivity contribution in [2.24, 2.45) is 0 Å². The maximum Gasteiger partial charge on any atom is 0.417 e. The first-order chi connectivity index (χ1) is 9.72. The third-order valence-corrected chi connectivity index (χ3v) is 4.12. The minimum atomic E-state index is -4.52. The van der Waals surface area contributed by atoms with Crippen LogP contribution in [0, 0.1) is 0 Å². The summed E-state index contributed by atoms with van der Waals surface area (Å²) in [5.41, 5.74) is -2.03. The highest BCUT2D eigenvalue weighted by Gasteiger charge is 2.42. The van der Waals surface area contributed by atoms with E-state index in [0.717, 1.165) is 6.07 Å². The van der Waals surface area contributed by atoms with Gasteiger partial charge in [0.05, 0.1) is 11.1 Å². The highest BCUT2D eigenvalue weighted by molar-refractivity contribution is 6.04. The Kier molecular flexibility index (Phi) is 5.56. The second-order valence-electron chi connectivity index (χ2n) is 5.17. The van der Waals surface area contributed by atoms with Gasteiger partial charge in [-0.2, -0.15) is 13.2 Å². The lowest BCUT2D eigenvalue weighted by atomic mass is 9.84. The number of hydrogen-bond donors (Lipinski definition) is 0. The van der Waals surface area contributed by atoms with E-state index < -0.39 is 23.1 Å². The molecule has 1 rings (SSSR count). The molecule has 0 fully saturated rings. The number of Topliss-reactive ketones (excluding diaryl/α,β-unsaturated/α-hetero) is 1. The van der Waals surface area contributed by atoms with Crippen LogP contribution < -0.4 is 0 Å². The van der Waals surface area contributed by atoms with Crippen molar-refractivity contribution in [2.45, 2.75) is 45.8 Å². The molecule has 1 atom stereocenters. The number of likely N-dealkylation sites (N-methyl/N-ethyl adjacent to an activating group) is 1. The van der Waals surface area contributed by atoms with Gasteiger partial charge in [-0.1, -0.05) is 39.0 Å². The van der Waals surface area contributed by atoms with Gasteiger partial charge in [-0.25, -0.2) is 0 Å². The van der Waals surface area contributed by atoms with Crippen LogP contribution >= 0.6 is 0 Å². The number of benzene rings is 1. The van der Waals surface area contributed by atoms with E-state index in [0.29, 0.717) is 19.5 Å². The fraction of sp³-hybridized carbons (Fsp3) is 0.562. The summed E-state index contributed by atoms with van der Waals surface area (Å²) in [6.45, 7) is 8.57. The summed E-state index contributed by atoms with van der Waals surface area (Å²) in [6.07, 6.45) is -4.07. The third-order valence-electron chi connectivity index (χ3n) is 4.12. The number of rotatable bonds is 6. The summed E-state index contributed by atoms with van der Waals surface area (Å²) in [4.78, 5) is 14.7. The molecule has 118 valence electrons. The molecule has 5 heteroatoms. The van der Waals surface area contributed by atoms with Crippen LogP contribution in [0.25, 0.3) is 0 Å². The number of carbonyl (C=O) groups excluding carboxylic acids is 1. The maximum atomic E-state index is 13.1. The average molecular weight is 301 g/mol. The number of hydrogen-bond acceptors (Lipinski definition) is 2. The Morgan fingerprint density at radius 3 is 2.05 bits per heavy atom. The molecule has 1 aromatic rings. The highest BCUT2D eigenvalue weighted by atomic mass is 19.4. The van der Waals surface area contributed by atoms with Crippen molar-refractivity contribution in [3.05, 3.63) is 35.4 Å². The van der Waals surface area contributed by atoms with Crippen LogP contribution in [0.2, 0.25) is 0 Å². The lowest BCUT2D eigenvalue weighted by Crippen LogP contribution is -2.52. The first-order valence-corrected chi connectivity index (χ1v) is 7.18. The van der Waals surface area contributed by atoms with Crippen LogP contribution in [0.1, 0.15) is 50.0 Å². The van der Waals surface area contributed by atoms with Crippen molar-refractivity contribution in [1.29, 1.82) is 0 Å². The summed E-state index contributed by atoms with van der Waals surface area (Å²) in [7, 11) is 0. The van der Waals surface area contributed by atoms with E-state index in [4.69, 9.17) is 0 Å². The number of halogens is 3. The topological polar surface area (TPSA) is 20.3 Å². The minimum absolute atomic E-state index is 0.249. The smallest absolute Gasteiger partial charge is 0.292 e. The van der Waals surface area contributed by atoms with Gasteiger partial charge in [-0.05, 0) is 32.5 Å². The normalized spacial score (nSPS) is 15.0. The van der Waals surface area contributed by atoms with E-state index in [-0.39, 0.29) is 5.56 Å². The Morgan fingerprint density at radius 2 is 1.62 bits per heavy atom. The van der Waals surface area contributed by atoms with Crippen molar-refractivity contribution in [1.82, 2.24) is 4.90 Å². The van der Waals surface area contributed by atoms with Crippen LogP contribution in [-0.4, -0.2) is 29.3 Å². The zero-order chi connectivity index (χ0) is 16.3. The van der Waals surface area contributed by atoms with Crippen molar-refractivity contribution >= 4 is 5.78 Å². The molecule has 0 aromatic heterocycles. The lowest BCUT2D eigenvalue weighted by Gasteiger charge is -2.38. The third kappa shape index (κ3) is 3.46.